The minimum Gasteiger partial charge on any atom is -0.303 e. The van der Waals surface area contributed by atoms with E-state index in [1.165, 1.54) is 39.4 Å². The summed E-state index contributed by atoms with van der Waals surface area (Å²) in [4.78, 5) is 2.91. The quantitative estimate of drug-likeness (QED) is 0.371. The fraction of sp³-hybridized carbons (Fsp3) is 0.400. The van der Waals surface area contributed by atoms with Gasteiger partial charge in [0.05, 0.1) is 4.90 Å². The monoisotopic (exact) mass is 490 g/mol. The van der Waals surface area contributed by atoms with Crippen molar-refractivity contribution in [3.05, 3.63) is 101 Å². The zero-order chi connectivity index (χ0) is 24.8. The summed E-state index contributed by atoms with van der Waals surface area (Å²) < 4.78 is 28.0. The molecule has 0 bridgehead atoms. The van der Waals surface area contributed by atoms with Crippen molar-refractivity contribution in [2.45, 2.75) is 49.8 Å². The Morgan fingerprint density at radius 2 is 1.51 bits per heavy atom. The molecule has 35 heavy (non-hydrogen) atoms. The first-order valence-corrected chi connectivity index (χ1v) is 14.1. The van der Waals surface area contributed by atoms with Gasteiger partial charge in [-0.05, 0) is 99.0 Å². The van der Waals surface area contributed by atoms with Crippen molar-refractivity contribution in [3.63, 3.8) is 0 Å². The highest BCUT2D eigenvalue weighted by Crippen LogP contribution is 2.30. The average Bonchev–Trinajstić information content (AvgIpc) is 2.89. The molecule has 0 aromatic heterocycles. The van der Waals surface area contributed by atoms with Gasteiger partial charge in [-0.1, -0.05) is 66.7 Å². The summed E-state index contributed by atoms with van der Waals surface area (Å²) >= 11 is 0. The van der Waals surface area contributed by atoms with Crippen molar-refractivity contribution in [2.24, 2.45) is 0 Å². The standard InChI is InChI=1S/C30H38N2O2S/c1-24-14-15-28(22-25(24)2)29(23-31(3)35(33,34)30-12-8-5-9-13-30)18-21-32-19-16-27(17-20-32)26-10-6-4-7-11-26/h4-15,22,27,29H,16-21,23H2,1-3H3/t29-/m0/s1. The van der Waals surface area contributed by atoms with Crippen molar-refractivity contribution in [3.8, 4) is 0 Å². The average molecular weight is 491 g/mol. The highest BCUT2D eigenvalue weighted by molar-refractivity contribution is 7.89. The van der Waals surface area contributed by atoms with Crippen molar-refractivity contribution < 1.29 is 8.42 Å². The number of hydrogen-bond donors (Lipinski definition) is 0. The minimum atomic E-state index is -3.52. The highest BCUT2D eigenvalue weighted by atomic mass is 32.2. The van der Waals surface area contributed by atoms with Crippen molar-refractivity contribution in [1.29, 1.82) is 0 Å². The van der Waals surface area contributed by atoms with E-state index in [1.54, 1.807) is 31.3 Å². The molecule has 4 rings (SSSR count). The second kappa shape index (κ2) is 11.5. The summed E-state index contributed by atoms with van der Waals surface area (Å²) in [6, 6.07) is 26.2. The molecule has 0 radical (unpaired) electrons. The number of likely N-dealkylation sites (tertiary alicyclic amines) is 1. The third kappa shape index (κ3) is 6.40. The van der Waals surface area contributed by atoms with Crippen LogP contribution in [0.2, 0.25) is 0 Å². The molecule has 4 nitrogen and oxygen atoms in total. The normalized spacial score (nSPS) is 16.5. The van der Waals surface area contributed by atoms with E-state index in [0.717, 1.165) is 26.1 Å². The van der Waals surface area contributed by atoms with Gasteiger partial charge in [-0.3, -0.25) is 0 Å². The van der Waals surface area contributed by atoms with Crippen LogP contribution in [-0.2, 0) is 10.0 Å². The van der Waals surface area contributed by atoms with E-state index in [0.29, 0.717) is 17.4 Å². The van der Waals surface area contributed by atoms with Crippen LogP contribution in [0.15, 0.2) is 83.8 Å². The predicted octanol–water partition coefficient (Wildman–Crippen LogP) is 5.98. The maximum Gasteiger partial charge on any atom is 0.242 e. The topological polar surface area (TPSA) is 40.6 Å². The predicted molar refractivity (Wildman–Crippen MR) is 144 cm³/mol. The van der Waals surface area contributed by atoms with E-state index in [-0.39, 0.29) is 5.92 Å². The number of rotatable bonds is 9. The molecule has 3 aromatic carbocycles. The maximum absolute atomic E-state index is 13.2. The molecule has 1 heterocycles. The first-order valence-electron chi connectivity index (χ1n) is 12.7. The van der Waals surface area contributed by atoms with E-state index in [4.69, 9.17) is 0 Å². The lowest BCUT2D eigenvalue weighted by molar-refractivity contribution is 0.203. The number of aryl methyl sites for hydroxylation is 2. The molecule has 1 aliphatic rings. The smallest absolute Gasteiger partial charge is 0.242 e. The molecule has 1 atom stereocenters. The van der Waals surface area contributed by atoms with E-state index >= 15 is 0 Å². The van der Waals surface area contributed by atoms with Crippen LogP contribution >= 0.6 is 0 Å². The largest absolute Gasteiger partial charge is 0.303 e. The Kier molecular flexibility index (Phi) is 8.42. The minimum absolute atomic E-state index is 0.143. The van der Waals surface area contributed by atoms with Crippen LogP contribution in [0.1, 0.15) is 53.4 Å². The first-order chi connectivity index (χ1) is 16.8. The summed E-state index contributed by atoms with van der Waals surface area (Å²) in [5.41, 5.74) is 5.20. The lowest BCUT2D eigenvalue weighted by Gasteiger charge is -2.33. The molecule has 0 unspecified atom stereocenters. The highest BCUT2D eigenvalue weighted by Gasteiger charge is 2.26. The number of likely N-dealkylation sites (N-methyl/N-ethyl adjacent to an activating group) is 1. The molecule has 1 fully saturated rings. The van der Waals surface area contributed by atoms with E-state index in [9.17, 15) is 8.42 Å². The van der Waals surface area contributed by atoms with Crippen LogP contribution in [0.4, 0.5) is 0 Å². The van der Waals surface area contributed by atoms with Crippen LogP contribution in [0.5, 0.6) is 0 Å². The summed E-state index contributed by atoms with van der Waals surface area (Å²) in [6.07, 6.45) is 3.30. The fourth-order valence-electron chi connectivity index (χ4n) is 5.12. The fourth-order valence-corrected chi connectivity index (χ4v) is 6.35. The molecule has 0 saturated carbocycles. The molecule has 5 heteroatoms. The third-order valence-electron chi connectivity index (χ3n) is 7.58. The van der Waals surface area contributed by atoms with Gasteiger partial charge in [-0.25, -0.2) is 12.7 Å². The Balaban J connectivity index is 1.44. The first kappa shape index (κ1) is 25.6. The molecule has 0 spiro atoms. The van der Waals surface area contributed by atoms with E-state index in [1.807, 2.05) is 6.07 Å². The van der Waals surface area contributed by atoms with Gasteiger partial charge in [-0.15, -0.1) is 0 Å². The van der Waals surface area contributed by atoms with Gasteiger partial charge in [0.15, 0.2) is 0 Å². The number of hydrogen-bond acceptors (Lipinski definition) is 3. The Morgan fingerprint density at radius 1 is 0.886 bits per heavy atom. The summed E-state index contributed by atoms with van der Waals surface area (Å²) in [5.74, 6) is 0.787. The number of sulfonamides is 1. The molecule has 0 aliphatic carbocycles. The molecular weight excluding hydrogens is 452 g/mol. The lowest BCUT2D eigenvalue weighted by Crippen LogP contribution is -2.36. The third-order valence-corrected chi connectivity index (χ3v) is 9.42. The number of nitrogens with zero attached hydrogens (tertiary/aromatic N) is 2. The summed E-state index contributed by atoms with van der Waals surface area (Å²) in [6.45, 7) is 7.90. The molecule has 0 N–H and O–H groups in total. The zero-order valence-corrected chi connectivity index (χ0v) is 22.0. The van der Waals surface area contributed by atoms with Crippen LogP contribution in [0.25, 0.3) is 0 Å². The Morgan fingerprint density at radius 3 is 2.14 bits per heavy atom. The molecule has 186 valence electrons. The maximum atomic E-state index is 13.2. The summed E-state index contributed by atoms with van der Waals surface area (Å²) in [5, 5.41) is 0. The second-order valence-electron chi connectivity index (χ2n) is 9.95. The molecule has 3 aromatic rings. The number of benzene rings is 3. The molecule has 1 saturated heterocycles. The van der Waals surface area contributed by atoms with Crippen LogP contribution in [-0.4, -0.2) is 50.8 Å². The van der Waals surface area contributed by atoms with Crippen molar-refractivity contribution >= 4 is 10.0 Å². The van der Waals surface area contributed by atoms with Crippen molar-refractivity contribution in [1.82, 2.24) is 9.21 Å². The van der Waals surface area contributed by atoms with Gasteiger partial charge >= 0.3 is 0 Å². The van der Waals surface area contributed by atoms with Gasteiger partial charge in [0, 0.05) is 13.6 Å². The van der Waals surface area contributed by atoms with Gasteiger partial charge in [0.1, 0.15) is 0 Å². The Hall–Kier alpha value is -2.47. The Bertz CT molecular complexity index is 1190. The van der Waals surface area contributed by atoms with E-state index in [2.05, 4.69) is 67.3 Å². The second-order valence-corrected chi connectivity index (χ2v) is 12.0. The molecule has 1 aliphatic heterocycles. The SMILES string of the molecule is Cc1ccc([C@@H](CCN2CCC(c3ccccc3)CC2)CN(C)S(=O)(=O)c2ccccc2)cc1C. The van der Waals surface area contributed by atoms with Crippen LogP contribution in [0, 0.1) is 13.8 Å². The van der Waals surface area contributed by atoms with Crippen LogP contribution in [0.3, 0.4) is 0 Å². The van der Waals surface area contributed by atoms with Crippen molar-refractivity contribution in [2.75, 3.05) is 33.2 Å². The van der Waals surface area contributed by atoms with Gasteiger partial charge in [0.2, 0.25) is 10.0 Å². The molecule has 0 amide bonds. The number of piperidine rings is 1. The lowest BCUT2D eigenvalue weighted by atomic mass is 9.88. The summed E-state index contributed by atoms with van der Waals surface area (Å²) in [7, 11) is -1.81. The van der Waals surface area contributed by atoms with Crippen LogP contribution < -0.4 is 0 Å². The van der Waals surface area contributed by atoms with Gasteiger partial charge < -0.3 is 4.90 Å². The van der Waals surface area contributed by atoms with Gasteiger partial charge in [0.25, 0.3) is 0 Å². The molecular formula is C30H38N2O2S. The Labute approximate surface area is 211 Å². The zero-order valence-electron chi connectivity index (χ0n) is 21.2. The van der Waals surface area contributed by atoms with E-state index < -0.39 is 10.0 Å². The van der Waals surface area contributed by atoms with Gasteiger partial charge in [-0.2, -0.15) is 0 Å².